The second-order valence-corrected chi connectivity index (χ2v) is 9.37. The zero-order chi connectivity index (χ0) is 23.4. The van der Waals surface area contributed by atoms with Crippen LogP contribution in [0.5, 0.6) is 0 Å². The highest BCUT2D eigenvalue weighted by molar-refractivity contribution is 8.01. The van der Waals surface area contributed by atoms with Crippen molar-refractivity contribution >= 4 is 62.5 Å². The predicted molar refractivity (Wildman–Crippen MR) is 132 cm³/mol. The number of thioether (sulfide) groups is 1. The van der Waals surface area contributed by atoms with E-state index in [1.165, 1.54) is 35.2 Å². The summed E-state index contributed by atoms with van der Waals surface area (Å²) in [7, 11) is 0. The Morgan fingerprint density at radius 1 is 0.970 bits per heavy atom. The molecule has 0 aliphatic rings. The fraction of sp³-hybridized carbons (Fsp3) is 0.0833. The zero-order valence-electron chi connectivity index (χ0n) is 17.5. The maximum absolute atomic E-state index is 12.6. The van der Waals surface area contributed by atoms with E-state index in [2.05, 4.69) is 15.6 Å². The molecule has 0 unspecified atom stereocenters. The number of aromatic nitrogens is 1. The Morgan fingerprint density at radius 2 is 1.70 bits per heavy atom. The summed E-state index contributed by atoms with van der Waals surface area (Å²) in [6.07, 6.45) is 0. The number of rotatable bonds is 7. The highest BCUT2D eigenvalue weighted by atomic mass is 32.2. The SMILES string of the molecule is Cc1ccccc1NC(=O)CSc1nc2ccc(NC(=O)c3ccccc3C(=O)O)cc2s1. The number of nitrogens with zero attached hydrogens (tertiary/aromatic N) is 1. The lowest BCUT2D eigenvalue weighted by atomic mass is 10.1. The number of amides is 2. The first-order valence-electron chi connectivity index (χ1n) is 9.93. The van der Waals surface area contributed by atoms with Gasteiger partial charge in [0.15, 0.2) is 4.34 Å². The number of hydrogen-bond acceptors (Lipinski definition) is 6. The summed E-state index contributed by atoms with van der Waals surface area (Å²) >= 11 is 2.76. The van der Waals surface area contributed by atoms with Crippen LogP contribution in [0.25, 0.3) is 10.2 Å². The Kier molecular flexibility index (Phi) is 6.71. The number of carbonyl (C=O) groups excluding carboxylic acids is 2. The molecule has 0 bridgehead atoms. The third-order valence-electron chi connectivity index (χ3n) is 4.77. The molecule has 1 heterocycles. The fourth-order valence-corrected chi connectivity index (χ4v) is 5.04. The molecule has 166 valence electrons. The highest BCUT2D eigenvalue weighted by Crippen LogP contribution is 2.31. The topological polar surface area (TPSA) is 108 Å². The van der Waals surface area contributed by atoms with E-state index >= 15 is 0 Å². The van der Waals surface area contributed by atoms with E-state index in [0.717, 1.165) is 25.8 Å². The number of aromatic carboxylic acids is 1. The molecule has 1 aromatic heterocycles. The third-order valence-corrected chi connectivity index (χ3v) is 6.94. The molecule has 4 rings (SSSR count). The molecule has 0 saturated carbocycles. The van der Waals surface area contributed by atoms with Crippen LogP contribution in [0.15, 0.2) is 71.1 Å². The van der Waals surface area contributed by atoms with Crippen molar-refractivity contribution in [2.75, 3.05) is 16.4 Å². The van der Waals surface area contributed by atoms with E-state index in [0.29, 0.717) is 5.69 Å². The van der Waals surface area contributed by atoms with E-state index in [1.807, 2.05) is 31.2 Å². The minimum Gasteiger partial charge on any atom is -0.478 e. The standard InChI is InChI=1S/C24H19N3O4S2/c1-14-6-2-5-9-18(14)26-21(28)13-32-24-27-19-11-10-15(12-20(19)33-24)25-22(29)16-7-3-4-8-17(16)23(30)31/h2-12H,13H2,1H3,(H,25,29)(H,26,28)(H,30,31). The summed E-state index contributed by atoms with van der Waals surface area (Å²) in [5.74, 6) is -1.55. The molecular weight excluding hydrogens is 458 g/mol. The predicted octanol–water partition coefficient (Wildman–Crippen LogP) is 5.29. The molecule has 33 heavy (non-hydrogen) atoms. The first-order valence-corrected chi connectivity index (χ1v) is 11.7. The molecule has 0 aliphatic heterocycles. The van der Waals surface area contributed by atoms with E-state index in [1.54, 1.807) is 30.3 Å². The monoisotopic (exact) mass is 477 g/mol. The Balaban J connectivity index is 1.42. The van der Waals surface area contributed by atoms with E-state index in [-0.39, 0.29) is 22.8 Å². The van der Waals surface area contributed by atoms with Crippen molar-refractivity contribution in [1.82, 2.24) is 4.98 Å². The molecule has 9 heteroatoms. The summed E-state index contributed by atoms with van der Waals surface area (Å²) in [5, 5.41) is 14.9. The summed E-state index contributed by atoms with van der Waals surface area (Å²) < 4.78 is 1.59. The highest BCUT2D eigenvalue weighted by Gasteiger charge is 2.16. The Bertz CT molecular complexity index is 1370. The fourth-order valence-electron chi connectivity index (χ4n) is 3.14. The number of nitrogens with one attached hydrogen (secondary N) is 2. The molecule has 0 saturated heterocycles. The van der Waals surface area contributed by atoms with Gasteiger partial charge in [0.2, 0.25) is 5.91 Å². The van der Waals surface area contributed by atoms with Gasteiger partial charge in [-0.05, 0) is 48.9 Å². The number of anilines is 2. The molecule has 2 amide bonds. The molecule has 7 nitrogen and oxygen atoms in total. The molecular formula is C24H19N3O4S2. The van der Waals surface area contributed by atoms with Crippen LogP contribution in [-0.2, 0) is 4.79 Å². The van der Waals surface area contributed by atoms with Gasteiger partial charge in [0.25, 0.3) is 5.91 Å². The van der Waals surface area contributed by atoms with Crippen LogP contribution in [0.4, 0.5) is 11.4 Å². The normalized spacial score (nSPS) is 10.7. The second kappa shape index (κ2) is 9.85. The van der Waals surface area contributed by atoms with Gasteiger partial charge in [0, 0.05) is 11.4 Å². The maximum atomic E-state index is 12.6. The largest absolute Gasteiger partial charge is 0.478 e. The smallest absolute Gasteiger partial charge is 0.336 e. The summed E-state index contributed by atoms with van der Waals surface area (Å²) in [6, 6.07) is 18.9. The van der Waals surface area contributed by atoms with Crippen LogP contribution in [-0.4, -0.2) is 33.6 Å². The summed E-state index contributed by atoms with van der Waals surface area (Å²) in [6.45, 7) is 1.94. The number of carbonyl (C=O) groups is 3. The quantitative estimate of drug-likeness (QED) is 0.312. The molecule has 0 spiro atoms. The molecule has 0 radical (unpaired) electrons. The number of thiazole rings is 1. The third kappa shape index (κ3) is 5.39. The number of para-hydroxylation sites is 1. The molecule has 3 N–H and O–H groups in total. The number of benzene rings is 3. The van der Waals surface area contributed by atoms with Gasteiger partial charge >= 0.3 is 5.97 Å². The Labute approximate surface area is 197 Å². The van der Waals surface area contributed by atoms with Crippen molar-refractivity contribution in [3.8, 4) is 0 Å². The molecule has 4 aromatic rings. The van der Waals surface area contributed by atoms with Crippen LogP contribution in [0.1, 0.15) is 26.3 Å². The van der Waals surface area contributed by atoms with E-state index in [4.69, 9.17) is 0 Å². The maximum Gasteiger partial charge on any atom is 0.336 e. The van der Waals surface area contributed by atoms with Gasteiger partial charge in [-0.2, -0.15) is 0 Å². The lowest BCUT2D eigenvalue weighted by molar-refractivity contribution is -0.113. The number of hydrogen-bond donors (Lipinski definition) is 3. The van der Waals surface area contributed by atoms with Crippen molar-refractivity contribution in [3.05, 3.63) is 83.4 Å². The number of carboxylic acids is 1. The Morgan fingerprint density at radius 3 is 2.45 bits per heavy atom. The summed E-state index contributed by atoms with van der Waals surface area (Å²) in [4.78, 5) is 40.8. The van der Waals surface area contributed by atoms with E-state index < -0.39 is 11.9 Å². The van der Waals surface area contributed by atoms with Crippen molar-refractivity contribution in [1.29, 1.82) is 0 Å². The first kappa shape index (κ1) is 22.5. The van der Waals surface area contributed by atoms with Crippen LogP contribution in [0, 0.1) is 6.92 Å². The van der Waals surface area contributed by atoms with Gasteiger partial charge in [-0.15, -0.1) is 11.3 Å². The van der Waals surface area contributed by atoms with E-state index in [9.17, 15) is 19.5 Å². The molecule has 0 fully saturated rings. The average molecular weight is 478 g/mol. The van der Waals surface area contributed by atoms with Gasteiger partial charge in [0.05, 0.1) is 27.1 Å². The zero-order valence-corrected chi connectivity index (χ0v) is 19.1. The van der Waals surface area contributed by atoms with Crippen molar-refractivity contribution in [2.24, 2.45) is 0 Å². The lowest BCUT2D eigenvalue weighted by Gasteiger charge is -2.07. The van der Waals surface area contributed by atoms with Gasteiger partial charge < -0.3 is 15.7 Å². The summed E-state index contributed by atoms with van der Waals surface area (Å²) in [5.41, 5.74) is 3.10. The van der Waals surface area contributed by atoms with Gasteiger partial charge in [-0.25, -0.2) is 9.78 Å². The number of aryl methyl sites for hydroxylation is 1. The second-order valence-electron chi connectivity index (χ2n) is 7.12. The van der Waals surface area contributed by atoms with Gasteiger partial charge in [-0.3, -0.25) is 9.59 Å². The molecule has 0 atom stereocenters. The minimum atomic E-state index is -1.16. The first-order chi connectivity index (χ1) is 15.9. The molecule has 0 aliphatic carbocycles. The van der Waals surface area contributed by atoms with Crippen molar-refractivity contribution in [3.63, 3.8) is 0 Å². The van der Waals surface area contributed by atoms with Crippen molar-refractivity contribution < 1.29 is 19.5 Å². The Hall–Kier alpha value is -3.69. The van der Waals surface area contributed by atoms with Gasteiger partial charge in [-0.1, -0.05) is 42.1 Å². The van der Waals surface area contributed by atoms with Crippen LogP contribution >= 0.6 is 23.1 Å². The number of fused-ring (bicyclic) bond motifs is 1. The average Bonchev–Trinajstić information content (AvgIpc) is 3.21. The molecule has 3 aromatic carbocycles. The lowest BCUT2D eigenvalue weighted by Crippen LogP contribution is -2.16. The van der Waals surface area contributed by atoms with Crippen LogP contribution in [0.2, 0.25) is 0 Å². The van der Waals surface area contributed by atoms with Gasteiger partial charge in [0.1, 0.15) is 0 Å². The minimum absolute atomic E-state index is 0.0588. The van der Waals surface area contributed by atoms with Crippen molar-refractivity contribution in [2.45, 2.75) is 11.3 Å². The number of carboxylic acid groups (broad SMARTS) is 1. The van der Waals surface area contributed by atoms with Crippen LogP contribution < -0.4 is 10.6 Å². The van der Waals surface area contributed by atoms with Crippen LogP contribution in [0.3, 0.4) is 0 Å².